The van der Waals surface area contributed by atoms with Crippen molar-refractivity contribution in [2.45, 2.75) is 24.5 Å². The highest BCUT2D eigenvalue weighted by Gasteiger charge is 2.27. The van der Waals surface area contributed by atoms with Gasteiger partial charge in [0, 0.05) is 5.56 Å². The molecule has 0 amide bonds. The van der Waals surface area contributed by atoms with Crippen molar-refractivity contribution >= 4 is 21.8 Å². The van der Waals surface area contributed by atoms with E-state index in [0.717, 1.165) is 5.56 Å². The van der Waals surface area contributed by atoms with Crippen LogP contribution in [0, 0.1) is 0 Å². The average Bonchev–Trinajstić information content (AvgIpc) is 2.78. The van der Waals surface area contributed by atoms with Crippen molar-refractivity contribution in [1.29, 1.82) is 0 Å². The maximum atomic E-state index is 12.6. The van der Waals surface area contributed by atoms with Crippen molar-refractivity contribution in [2.75, 3.05) is 6.61 Å². The summed E-state index contributed by atoms with van der Waals surface area (Å²) in [5.74, 6) is -1.57. The third-order valence-electron chi connectivity index (χ3n) is 4.63. The van der Waals surface area contributed by atoms with Crippen molar-refractivity contribution in [3.05, 3.63) is 107 Å². The zero-order valence-electron chi connectivity index (χ0n) is 17.6. The predicted molar refractivity (Wildman–Crippen MR) is 120 cm³/mol. The Hall–Kier alpha value is -3.45. The summed E-state index contributed by atoms with van der Waals surface area (Å²) in [6.07, 6.45) is -1.19. The fourth-order valence-electron chi connectivity index (χ4n) is 3.14. The Bertz CT molecular complexity index is 1140. The zero-order chi connectivity index (χ0) is 23.0. The standard InChI is InChI=1S/C25H24O6S/c1-2-30-25(27)23(21-11-7-4-8-12-21)31-24(26)22-15-13-20(14-16-22)18-32(28,29)17-19-9-5-3-6-10-19/h3-16,23H,2,17-18H2,1H3/t23-/m0/s1. The van der Waals surface area contributed by atoms with Crippen LogP contribution in [-0.4, -0.2) is 27.0 Å². The molecule has 0 bridgehead atoms. The van der Waals surface area contributed by atoms with Crippen LogP contribution in [0.3, 0.4) is 0 Å². The summed E-state index contributed by atoms with van der Waals surface area (Å²) in [6, 6.07) is 23.7. The second-order valence-corrected chi connectivity index (χ2v) is 9.23. The summed E-state index contributed by atoms with van der Waals surface area (Å²) in [4.78, 5) is 24.9. The first-order valence-corrected chi connectivity index (χ1v) is 12.0. The molecule has 0 aromatic heterocycles. The minimum absolute atomic E-state index is 0.0596. The lowest BCUT2D eigenvalue weighted by atomic mass is 10.1. The number of carbonyl (C=O) groups excluding carboxylic acids is 2. The molecule has 3 aromatic rings. The summed E-state index contributed by atoms with van der Waals surface area (Å²) in [5.41, 5.74) is 1.99. The monoisotopic (exact) mass is 452 g/mol. The van der Waals surface area contributed by atoms with Gasteiger partial charge in [0.2, 0.25) is 6.10 Å². The maximum Gasteiger partial charge on any atom is 0.352 e. The van der Waals surface area contributed by atoms with E-state index < -0.39 is 27.9 Å². The summed E-state index contributed by atoms with van der Waals surface area (Å²) in [6.45, 7) is 1.83. The van der Waals surface area contributed by atoms with Crippen LogP contribution in [0.5, 0.6) is 0 Å². The summed E-state index contributed by atoms with van der Waals surface area (Å²) in [5, 5.41) is 0. The topological polar surface area (TPSA) is 86.7 Å². The molecule has 6 nitrogen and oxygen atoms in total. The molecular formula is C25H24O6S. The third-order valence-corrected chi connectivity index (χ3v) is 6.18. The van der Waals surface area contributed by atoms with Gasteiger partial charge in [-0.15, -0.1) is 0 Å². The normalized spacial score (nSPS) is 12.0. The molecule has 0 aliphatic heterocycles. The molecule has 3 aromatic carbocycles. The van der Waals surface area contributed by atoms with Crippen molar-refractivity contribution < 1.29 is 27.5 Å². The molecule has 0 saturated carbocycles. The highest BCUT2D eigenvalue weighted by Crippen LogP contribution is 2.21. The lowest BCUT2D eigenvalue weighted by Gasteiger charge is -2.17. The largest absolute Gasteiger partial charge is 0.463 e. The van der Waals surface area contributed by atoms with Crippen LogP contribution in [0.25, 0.3) is 0 Å². The predicted octanol–water partition coefficient (Wildman–Crippen LogP) is 4.26. The van der Waals surface area contributed by atoms with E-state index in [1.807, 2.05) is 6.07 Å². The number of hydrogen-bond acceptors (Lipinski definition) is 6. The molecule has 7 heteroatoms. The number of ether oxygens (including phenoxy) is 2. The number of hydrogen-bond donors (Lipinski definition) is 0. The highest BCUT2D eigenvalue weighted by molar-refractivity contribution is 7.89. The minimum atomic E-state index is -3.37. The van der Waals surface area contributed by atoms with Crippen molar-refractivity contribution in [3.8, 4) is 0 Å². The van der Waals surface area contributed by atoms with Gasteiger partial charge in [-0.1, -0.05) is 72.8 Å². The molecule has 0 N–H and O–H groups in total. The first-order valence-electron chi connectivity index (χ1n) is 10.1. The number of sulfone groups is 1. The van der Waals surface area contributed by atoms with Gasteiger partial charge in [-0.3, -0.25) is 0 Å². The van der Waals surface area contributed by atoms with Crippen LogP contribution < -0.4 is 0 Å². The quantitative estimate of drug-likeness (QED) is 0.451. The van der Waals surface area contributed by atoms with E-state index in [2.05, 4.69) is 0 Å². The van der Waals surface area contributed by atoms with Gasteiger partial charge in [-0.25, -0.2) is 18.0 Å². The average molecular weight is 453 g/mol. The Morgan fingerprint density at radius 1 is 0.781 bits per heavy atom. The molecule has 0 unspecified atom stereocenters. The molecule has 0 aliphatic carbocycles. The molecule has 32 heavy (non-hydrogen) atoms. The van der Waals surface area contributed by atoms with Gasteiger partial charge in [-0.2, -0.15) is 0 Å². The number of esters is 2. The van der Waals surface area contributed by atoms with Gasteiger partial charge in [0.25, 0.3) is 0 Å². The molecule has 0 radical (unpaired) electrons. The smallest absolute Gasteiger partial charge is 0.352 e. The first-order chi connectivity index (χ1) is 15.4. The molecule has 0 saturated heterocycles. The van der Waals surface area contributed by atoms with Crippen molar-refractivity contribution in [1.82, 2.24) is 0 Å². The fraction of sp³-hybridized carbons (Fsp3) is 0.200. The number of carbonyl (C=O) groups is 2. The minimum Gasteiger partial charge on any atom is -0.463 e. The van der Waals surface area contributed by atoms with Crippen LogP contribution in [-0.2, 0) is 35.6 Å². The Kier molecular flexibility index (Phi) is 7.78. The second kappa shape index (κ2) is 10.7. The first kappa shape index (κ1) is 23.2. The van der Waals surface area contributed by atoms with E-state index in [1.54, 1.807) is 73.7 Å². The molecule has 0 fully saturated rings. The maximum absolute atomic E-state index is 12.6. The molecule has 3 rings (SSSR count). The van der Waals surface area contributed by atoms with E-state index in [1.165, 1.54) is 12.1 Å². The van der Waals surface area contributed by atoms with Crippen molar-refractivity contribution in [2.24, 2.45) is 0 Å². The SMILES string of the molecule is CCOC(=O)[C@@H](OC(=O)c1ccc(CS(=O)(=O)Cc2ccccc2)cc1)c1ccccc1. The van der Waals surface area contributed by atoms with Gasteiger partial charge in [0.15, 0.2) is 9.84 Å². The van der Waals surface area contributed by atoms with Crippen LogP contribution in [0.2, 0.25) is 0 Å². The zero-order valence-corrected chi connectivity index (χ0v) is 18.5. The Labute approximate surface area is 187 Å². The molecular weight excluding hydrogens is 428 g/mol. The van der Waals surface area contributed by atoms with E-state index in [4.69, 9.17) is 9.47 Å². The summed E-state index contributed by atoms with van der Waals surface area (Å²) in [7, 11) is -3.37. The highest BCUT2D eigenvalue weighted by atomic mass is 32.2. The van der Waals surface area contributed by atoms with Gasteiger partial charge < -0.3 is 9.47 Å². The van der Waals surface area contributed by atoms with Gasteiger partial charge in [-0.05, 0) is 30.2 Å². The van der Waals surface area contributed by atoms with Crippen LogP contribution in [0.4, 0.5) is 0 Å². The second-order valence-electron chi connectivity index (χ2n) is 7.16. The molecule has 0 aliphatic rings. The van der Waals surface area contributed by atoms with Crippen LogP contribution in [0.1, 0.15) is 40.1 Å². The van der Waals surface area contributed by atoms with Crippen molar-refractivity contribution in [3.63, 3.8) is 0 Å². The van der Waals surface area contributed by atoms with E-state index >= 15 is 0 Å². The fourth-order valence-corrected chi connectivity index (χ4v) is 4.65. The summed E-state index contributed by atoms with van der Waals surface area (Å²) >= 11 is 0. The Morgan fingerprint density at radius 3 is 1.88 bits per heavy atom. The number of rotatable bonds is 9. The van der Waals surface area contributed by atoms with Gasteiger partial charge >= 0.3 is 11.9 Å². The van der Waals surface area contributed by atoms with E-state index in [0.29, 0.717) is 11.1 Å². The third kappa shape index (κ3) is 6.52. The van der Waals surface area contributed by atoms with Gasteiger partial charge in [0.05, 0.1) is 23.7 Å². The molecule has 0 heterocycles. The molecule has 0 spiro atoms. The number of benzene rings is 3. The van der Waals surface area contributed by atoms with Crippen LogP contribution in [0.15, 0.2) is 84.9 Å². The lowest BCUT2D eigenvalue weighted by Crippen LogP contribution is -2.22. The van der Waals surface area contributed by atoms with E-state index in [9.17, 15) is 18.0 Å². The lowest BCUT2D eigenvalue weighted by molar-refractivity contribution is -0.153. The molecule has 1 atom stereocenters. The Balaban J connectivity index is 1.69. The van der Waals surface area contributed by atoms with Gasteiger partial charge in [0.1, 0.15) is 0 Å². The van der Waals surface area contributed by atoms with E-state index in [-0.39, 0.29) is 23.7 Å². The van der Waals surface area contributed by atoms with Crippen LogP contribution >= 0.6 is 0 Å². The summed E-state index contributed by atoms with van der Waals surface area (Å²) < 4.78 is 35.4. The Morgan fingerprint density at radius 2 is 1.31 bits per heavy atom. The molecule has 166 valence electrons.